The highest BCUT2D eigenvalue weighted by Gasteiger charge is 2.27. The van der Waals surface area contributed by atoms with Crippen LogP contribution in [-0.4, -0.2) is 11.2 Å². The Labute approximate surface area is 147 Å². The van der Waals surface area contributed by atoms with Crippen LogP contribution in [0.1, 0.15) is 83.8 Å². The van der Waals surface area contributed by atoms with Crippen molar-refractivity contribution in [2.24, 2.45) is 5.92 Å². The molecule has 0 radical (unpaired) electrons. The minimum atomic E-state index is 0.109. The Morgan fingerprint density at radius 3 is 2.67 bits per heavy atom. The van der Waals surface area contributed by atoms with Gasteiger partial charge in [0, 0.05) is 11.5 Å². The SMILES string of the molecule is CCCCCc1cc(O)c([C@@H]2C=C(C)CC[C@H]2C)c(OC(C)C)c1. The molecule has 1 aromatic rings. The van der Waals surface area contributed by atoms with Gasteiger partial charge in [-0.1, -0.05) is 38.3 Å². The normalized spacial score (nSPS) is 21.0. The van der Waals surface area contributed by atoms with Crippen molar-refractivity contribution in [3.05, 3.63) is 34.9 Å². The van der Waals surface area contributed by atoms with E-state index in [2.05, 4.69) is 46.8 Å². The van der Waals surface area contributed by atoms with Crippen molar-refractivity contribution < 1.29 is 9.84 Å². The number of phenols is 1. The fourth-order valence-corrected chi connectivity index (χ4v) is 3.63. The Morgan fingerprint density at radius 2 is 2.00 bits per heavy atom. The molecule has 0 aromatic heterocycles. The van der Waals surface area contributed by atoms with E-state index in [1.54, 1.807) is 0 Å². The lowest BCUT2D eigenvalue weighted by molar-refractivity contribution is 0.235. The Bertz CT molecular complexity index is 572. The standard InChI is InChI=1S/C22H34O2/c1-6-7-8-9-18-13-20(23)22(21(14-18)24-15(2)3)19-12-16(4)10-11-17(19)5/h12-15,17,19,23H,6-11H2,1-5H3/t17-,19-/m1/s1. The number of benzene rings is 1. The Balaban J connectivity index is 2.39. The second-order valence-corrected chi connectivity index (χ2v) is 7.71. The van der Waals surface area contributed by atoms with Gasteiger partial charge in [0.25, 0.3) is 0 Å². The fourth-order valence-electron chi connectivity index (χ4n) is 3.63. The van der Waals surface area contributed by atoms with Crippen LogP contribution in [0.4, 0.5) is 0 Å². The van der Waals surface area contributed by atoms with Crippen LogP contribution in [0.25, 0.3) is 0 Å². The van der Waals surface area contributed by atoms with Crippen LogP contribution in [0.5, 0.6) is 11.5 Å². The average Bonchev–Trinajstić information content (AvgIpc) is 2.50. The van der Waals surface area contributed by atoms with E-state index in [4.69, 9.17) is 4.74 Å². The molecule has 2 nitrogen and oxygen atoms in total. The molecule has 1 aliphatic rings. The summed E-state index contributed by atoms with van der Waals surface area (Å²) >= 11 is 0. The molecule has 1 aromatic carbocycles. The summed E-state index contributed by atoms with van der Waals surface area (Å²) in [6.07, 6.45) is 9.37. The van der Waals surface area contributed by atoms with Gasteiger partial charge in [0.05, 0.1) is 6.10 Å². The van der Waals surface area contributed by atoms with Gasteiger partial charge in [-0.25, -0.2) is 0 Å². The maximum absolute atomic E-state index is 10.8. The molecule has 2 heteroatoms. The summed E-state index contributed by atoms with van der Waals surface area (Å²) in [6, 6.07) is 4.12. The van der Waals surface area contributed by atoms with Crippen LogP contribution in [-0.2, 0) is 6.42 Å². The number of unbranched alkanes of at least 4 members (excludes halogenated alkanes) is 2. The lowest BCUT2D eigenvalue weighted by Gasteiger charge is -2.30. The first-order valence-corrected chi connectivity index (χ1v) is 9.62. The number of allylic oxidation sites excluding steroid dienone is 2. The molecule has 24 heavy (non-hydrogen) atoms. The summed E-state index contributed by atoms with van der Waals surface area (Å²) in [5, 5.41) is 10.8. The molecule has 0 spiro atoms. The molecule has 134 valence electrons. The predicted molar refractivity (Wildman–Crippen MR) is 102 cm³/mol. The number of phenolic OH excluding ortho intramolecular Hbond substituents is 1. The quantitative estimate of drug-likeness (QED) is 0.465. The number of hydrogen-bond acceptors (Lipinski definition) is 2. The summed E-state index contributed by atoms with van der Waals surface area (Å²) in [7, 11) is 0. The molecule has 0 fully saturated rings. The molecule has 0 heterocycles. The summed E-state index contributed by atoms with van der Waals surface area (Å²) in [4.78, 5) is 0. The van der Waals surface area contributed by atoms with Crippen molar-refractivity contribution in [3.8, 4) is 11.5 Å². The molecule has 0 saturated heterocycles. The summed E-state index contributed by atoms with van der Waals surface area (Å²) in [5.41, 5.74) is 3.58. The van der Waals surface area contributed by atoms with E-state index in [1.165, 1.54) is 30.4 Å². The average molecular weight is 331 g/mol. The van der Waals surface area contributed by atoms with Gasteiger partial charge in [-0.05, 0) is 70.1 Å². The van der Waals surface area contributed by atoms with Crippen LogP contribution in [0, 0.1) is 5.92 Å². The number of rotatable bonds is 7. The number of aromatic hydroxyl groups is 1. The second-order valence-electron chi connectivity index (χ2n) is 7.71. The molecule has 1 aliphatic carbocycles. The topological polar surface area (TPSA) is 29.5 Å². The molecule has 2 atom stereocenters. The smallest absolute Gasteiger partial charge is 0.127 e. The molecule has 0 bridgehead atoms. The van der Waals surface area contributed by atoms with Crippen molar-refractivity contribution >= 4 is 0 Å². The Kier molecular flexibility index (Phi) is 6.77. The third-order valence-corrected chi connectivity index (χ3v) is 5.02. The molecule has 1 N–H and O–H groups in total. The van der Waals surface area contributed by atoms with Crippen molar-refractivity contribution in [2.45, 2.75) is 85.2 Å². The highest BCUT2D eigenvalue weighted by Crippen LogP contribution is 2.45. The second kappa shape index (κ2) is 8.60. The first-order chi connectivity index (χ1) is 11.4. The van der Waals surface area contributed by atoms with Gasteiger partial charge >= 0.3 is 0 Å². The van der Waals surface area contributed by atoms with E-state index in [1.807, 2.05) is 6.07 Å². The van der Waals surface area contributed by atoms with Crippen molar-refractivity contribution in [3.63, 3.8) is 0 Å². The van der Waals surface area contributed by atoms with Crippen molar-refractivity contribution in [1.82, 2.24) is 0 Å². The van der Waals surface area contributed by atoms with Gasteiger partial charge < -0.3 is 9.84 Å². The first kappa shape index (κ1) is 18.9. The molecule has 0 amide bonds. The van der Waals surface area contributed by atoms with E-state index in [-0.39, 0.29) is 12.0 Å². The zero-order valence-corrected chi connectivity index (χ0v) is 16.1. The Hall–Kier alpha value is -1.44. The maximum Gasteiger partial charge on any atom is 0.127 e. The van der Waals surface area contributed by atoms with Crippen molar-refractivity contribution in [2.75, 3.05) is 0 Å². The third-order valence-electron chi connectivity index (χ3n) is 5.02. The van der Waals surface area contributed by atoms with E-state index < -0.39 is 0 Å². The number of ether oxygens (including phenoxy) is 1. The number of hydrogen-bond donors (Lipinski definition) is 1. The summed E-state index contributed by atoms with van der Waals surface area (Å²) in [5.74, 6) is 2.05. The Morgan fingerprint density at radius 1 is 1.25 bits per heavy atom. The summed E-state index contributed by atoms with van der Waals surface area (Å²) in [6.45, 7) is 10.8. The lowest BCUT2D eigenvalue weighted by Crippen LogP contribution is -2.16. The molecular formula is C22H34O2. The summed E-state index contributed by atoms with van der Waals surface area (Å²) < 4.78 is 6.12. The highest BCUT2D eigenvalue weighted by molar-refractivity contribution is 5.52. The van der Waals surface area contributed by atoms with Crippen LogP contribution in [0.2, 0.25) is 0 Å². The van der Waals surface area contributed by atoms with E-state index in [0.717, 1.165) is 30.6 Å². The number of aryl methyl sites for hydroxylation is 1. The minimum absolute atomic E-state index is 0.109. The van der Waals surface area contributed by atoms with Gasteiger partial charge in [0.15, 0.2) is 0 Å². The monoisotopic (exact) mass is 330 g/mol. The lowest BCUT2D eigenvalue weighted by atomic mass is 9.77. The molecule has 0 saturated carbocycles. The van der Waals surface area contributed by atoms with E-state index in [0.29, 0.717) is 11.7 Å². The molecular weight excluding hydrogens is 296 g/mol. The van der Waals surface area contributed by atoms with Gasteiger partial charge in [-0.2, -0.15) is 0 Å². The largest absolute Gasteiger partial charge is 0.507 e. The molecule has 0 unspecified atom stereocenters. The van der Waals surface area contributed by atoms with Crippen LogP contribution in [0.3, 0.4) is 0 Å². The van der Waals surface area contributed by atoms with E-state index >= 15 is 0 Å². The van der Waals surface area contributed by atoms with Crippen LogP contribution >= 0.6 is 0 Å². The maximum atomic E-state index is 10.8. The highest BCUT2D eigenvalue weighted by atomic mass is 16.5. The predicted octanol–water partition coefficient (Wildman–Crippen LogP) is 6.37. The first-order valence-electron chi connectivity index (χ1n) is 9.62. The van der Waals surface area contributed by atoms with Gasteiger partial charge in [-0.15, -0.1) is 0 Å². The zero-order chi connectivity index (χ0) is 17.7. The molecule has 0 aliphatic heterocycles. The fraction of sp³-hybridized carbons (Fsp3) is 0.636. The van der Waals surface area contributed by atoms with Gasteiger partial charge in [0.2, 0.25) is 0 Å². The van der Waals surface area contributed by atoms with Gasteiger partial charge in [0.1, 0.15) is 11.5 Å². The van der Waals surface area contributed by atoms with Gasteiger partial charge in [-0.3, -0.25) is 0 Å². The van der Waals surface area contributed by atoms with E-state index in [9.17, 15) is 5.11 Å². The zero-order valence-electron chi connectivity index (χ0n) is 16.1. The van der Waals surface area contributed by atoms with Crippen molar-refractivity contribution in [1.29, 1.82) is 0 Å². The third kappa shape index (κ3) is 4.78. The van der Waals surface area contributed by atoms with Crippen LogP contribution in [0.15, 0.2) is 23.8 Å². The molecule has 2 rings (SSSR count). The minimum Gasteiger partial charge on any atom is -0.507 e. The van der Waals surface area contributed by atoms with Crippen LogP contribution < -0.4 is 4.74 Å².